The van der Waals surface area contributed by atoms with Crippen molar-refractivity contribution in [2.24, 2.45) is 5.10 Å². The van der Waals surface area contributed by atoms with Crippen LogP contribution in [0.3, 0.4) is 0 Å². The number of fused-ring (bicyclic) bond motifs is 2. The molecule has 2 aromatic carbocycles. The number of carbonyl (C=O) groups excluding carboxylic acids is 1. The van der Waals surface area contributed by atoms with Crippen LogP contribution in [0, 0.1) is 10.1 Å². The minimum atomic E-state index is -0.654. The normalized spacial score (nSPS) is 11.3. The Hall–Kier alpha value is -4.42. The SMILES string of the molecule is O=C(N/N=C/c1c(Sc2nc3ccccc3s2)nc2ccccn2c1=O)c1cccc([N+](=O)[O-])c1. The first-order valence-corrected chi connectivity index (χ1v) is 11.8. The van der Waals surface area contributed by atoms with Gasteiger partial charge in [0.05, 0.1) is 26.9 Å². The molecule has 0 aliphatic rings. The summed E-state index contributed by atoms with van der Waals surface area (Å²) in [5.41, 5.74) is 3.26. The Balaban J connectivity index is 1.48. The molecule has 12 heteroatoms. The lowest BCUT2D eigenvalue weighted by molar-refractivity contribution is -0.384. The van der Waals surface area contributed by atoms with E-state index in [1.165, 1.54) is 51.9 Å². The highest BCUT2D eigenvalue weighted by Gasteiger charge is 2.16. The van der Waals surface area contributed by atoms with Crippen molar-refractivity contribution in [3.8, 4) is 0 Å². The number of pyridine rings is 1. The third-order valence-corrected chi connectivity index (χ3v) is 6.97. The fourth-order valence-electron chi connectivity index (χ4n) is 3.23. The minimum absolute atomic E-state index is 0.0637. The Bertz CT molecular complexity index is 1660. The van der Waals surface area contributed by atoms with Crippen LogP contribution in [-0.4, -0.2) is 31.4 Å². The van der Waals surface area contributed by atoms with Gasteiger partial charge >= 0.3 is 0 Å². The second-order valence-corrected chi connectivity index (χ2v) is 9.39. The molecule has 3 aromatic heterocycles. The monoisotopic (exact) mass is 502 g/mol. The van der Waals surface area contributed by atoms with E-state index in [1.54, 1.807) is 24.4 Å². The van der Waals surface area contributed by atoms with Gasteiger partial charge in [-0.15, -0.1) is 11.3 Å². The number of non-ortho nitro benzene ring substituents is 1. The molecule has 0 unspecified atom stereocenters. The molecule has 172 valence electrons. The second-order valence-electron chi connectivity index (χ2n) is 7.12. The van der Waals surface area contributed by atoms with Gasteiger partial charge in [-0.2, -0.15) is 5.10 Å². The standard InChI is InChI=1S/C23H14N6O4S2/c30-20(14-6-5-7-15(12-14)29(32)33)27-24-13-16-21(26-19-10-3-4-11-28(19)22(16)31)35-23-25-17-8-1-2-9-18(17)34-23/h1-13H,(H,27,30)/b24-13+. The number of amides is 1. The lowest BCUT2D eigenvalue weighted by atomic mass is 10.2. The van der Waals surface area contributed by atoms with Crippen LogP contribution >= 0.6 is 23.1 Å². The maximum absolute atomic E-state index is 13.2. The average Bonchev–Trinajstić information content (AvgIpc) is 3.28. The molecule has 0 aliphatic heterocycles. The Kier molecular flexibility index (Phi) is 6.04. The van der Waals surface area contributed by atoms with Gasteiger partial charge in [-0.1, -0.05) is 24.3 Å². The maximum Gasteiger partial charge on any atom is 0.271 e. The maximum atomic E-state index is 13.2. The van der Waals surface area contributed by atoms with Crippen LogP contribution in [0.5, 0.6) is 0 Å². The molecule has 0 radical (unpaired) electrons. The van der Waals surface area contributed by atoms with Crippen molar-refractivity contribution in [2.45, 2.75) is 9.37 Å². The zero-order chi connectivity index (χ0) is 24.4. The van der Waals surface area contributed by atoms with E-state index >= 15 is 0 Å². The Labute approximate surface area is 205 Å². The Morgan fingerprint density at radius 2 is 1.94 bits per heavy atom. The van der Waals surface area contributed by atoms with Gasteiger partial charge in [0, 0.05) is 23.9 Å². The van der Waals surface area contributed by atoms with Crippen molar-refractivity contribution in [1.82, 2.24) is 19.8 Å². The number of nitrogens with one attached hydrogen (secondary N) is 1. The third-order valence-electron chi connectivity index (χ3n) is 4.87. The molecule has 0 atom stereocenters. The summed E-state index contributed by atoms with van der Waals surface area (Å²) in [5.74, 6) is -0.654. The van der Waals surface area contributed by atoms with Crippen molar-refractivity contribution in [3.63, 3.8) is 0 Å². The lowest BCUT2D eigenvalue weighted by Gasteiger charge is -2.06. The smallest absolute Gasteiger partial charge is 0.268 e. The fraction of sp³-hybridized carbons (Fsp3) is 0. The third kappa shape index (κ3) is 4.65. The van der Waals surface area contributed by atoms with E-state index in [0.29, 0.717) is 15.0 Å². The molecule has 1 amide bonds. The van der Waals surface area contributed by atoms with Gasteiger partial charge in [-0.25, -0.2) is 15.4 Å². The van der Waals surface area contributed by atoms with E-state index in [-0.39, 0.29) is 22.4 Å². The molecule has 0 spiro atoms. The average molecular weight is 503 g/mol. The molecule has 5 rings (SSSR count). The molecule has 0 saturated carbocycles. The van der Waals surface area contributed by atoms with Gasteiger partial charge in [0.2, 0.25) is 0 Å². The summed E-state index contributed by atoms with van der Waals surface area (Å²) in [6, 6.07) is 18.2. The zero-order valence-electron chi connectivity index (χ0n) is 17.7. The van der Waals surface area contributed by atoms with Crippen LogP contribution < -0.4 is 11.0 Å². The van der Waals surface area contributed by atoms with Crippen molar-refractivity contribution in [2.75, 3.05) is 0 Å². The van der Waals surface area contributed by atoms with E-state index in [4.69, 9.17) is 0 Å². The molecular weight excluding hydrogens is 488 g/mol. The van der Waals surface area contributed by atoms with Gasteiger partial charge < -0.3 is 0 Å². The molecule has 3 heterocycles. The first-order chi connectivity index (χ1) is 17.0. The number of thiazole rings is 1. The molecule has 0 saturated heterocycles. The summed E-state index contributed by atoms with van der Waals surface area (Å²) >= 11 is 2.71. The van der Waals surface area contributed by atoms with Crippen molar-refractivity contribution in [3.05, 3.63) is 105 Å². The van der Waals surface area contributed by atoms with E-state index in [2.05, 4.69) is 20.5 Å². The molecular formula is C23H14N6O4S2. The van der Waals surface area contributed by atoms with Crippen LogP contribution in [0.25, 0.3) is 15.9 Å². The zero-order valence-corrected chi connectivity index (χ0v) is 19.3. The Morgan fingerprint density at radius 3 is 2.77 bits per heavy atom. The van der Waals surface area contributed by atoms with Gasteiger partial charge in [0.25, 0.3) is 17.2 Å². The van der Waals surface area contributed by atoms with Crippen LogP contribution in [0.15, 0.2) is 92.2 Å². The summed E-state index contributed by atoms with van der Waals surface area (Å²) in [5, 5.41) is 15.3. The number of nitro groups is 1. The number of aromatic nitrogens is 3. The molecule has 10 nitrogen and oxygen atoms in total. The van der Waals surface area contributed by atoms with Crippen molar-refractivity contribution in [1.29, 1.82) is 0 Å². The fourth-order valence-corrected chi connectivity index (χ4v) is 5.30. The number of rotatable bonds is 6. The molecule has 0 fully saturated rings. The number of hydrazone groups is 1. The number of hydrogen-bond acceptors (Lipinski definition) is 9. The number of hydrogen-bond donors (Lipinski definition) is 1. The predicted molar refractivity (Wildman–Crippen MR) is 133 cm³/mol. The summed E-state index contributed by atoms with van der Waals surface area (Å²) in [7, 11) is 0. The highest BCUT2D eigenvalue weighted by Crippen LogP contribution is 2.34. The topological polar surface area (TPSA) is 132 Å². The Morgan fingerprint density at radius 1 is 1.11 bits per heavy atom. The van der Waals surface area contributed by atoms with Crippen LogP contribution in [0.4, 0.5) is 5.69 Å². The number of nitrogens with zero attached hydrogens (tertiary/aromatic N) is 5. The van der Waals surface area contributed by atoms with Gasteiger partial charge in [0.15, 0.2) is 4.34 Å². The van der Waals surface area contributed by atoms with Gasteiger partial charge in [-0.05, 0) is 42.1 Å². The number of benzene rings is 2. The molecule has 1 N–H and O–H groups in total. The molecule has 0 bridgehead atoms. The van der Waals surface area contributed by atoms with Crippen LogP contribution in [-0.2, 0) is 0 Å². The quantitative estimate of drug-likeness (QED) is 0.160. The van der Waals surface area contributed by atoms with E-state index in [1.807, 2.05) is 24.3 Å². The van der Waals surface area contributed by atoms with E-state index in [9.17, 15) is 19.7 Å². The van der Waals surface area contributed by atoms with Crippen LogP contribution in [0.1, 0.15) is 15.9 Å². The summed E-state index contributed by atoms with van der Waals surface area (Å²) in [4.78, 5) is 45.2. The predicted octanol–water partition coefficient (Wildman–Crippen LogP) is 4.13. The largest absolute Gasteiger partial charge is 0.271 e. The first kappa shape index (κ1) is 22.4. The lowest BCUT2D eigenvalue weighted by Crippen LogP contribution is -2.23. The van der Waals surface area contributed by atoms with Gasteiger partial charge in [-0.3, -0.25) is 24.1 Å². The van der Waals surface area contributed by atoms with E-state index in [0.717, 1.165) is 16.3 Å². The highest BCUT2D eigenvalue weighted by molar-refractivity contribution is 8.01. The minimum Gasteiger partial charge on any atom is -0.268 e. The van der Waals surface area contributed by atoms with Gasteiger partial charge in [0.1, 0.15) is 10.7 Å². The first-order valence-electron chi connectivity index (χ1n) is 10.1. The summed E-state index contributed by atoms with van der Waals surface area (Å²) < 4.78 is 3.09. The summed E-state index contributed by atoms with van der Waals surface area (Å²) in [6.07, 6.45) is 2.81. The second kappa shape index (κ2) is 9.44. The number of nitro benzene ring substituents is 1. The number of para-hydroxylation sites is 1. The van der Waals surface area contributed by atoms with Crippen molar-refractivity contribution >= 4 is 56.8 Å². The number of carbonyl (C=O) groups is 1. The van der Waals surface area contributed by atoms with Crippen LogP contribution in [0.2, 0.25) is 0 Å². The molecule has 5 aromatic rings. The van der Waals surface area contributed by atoms with E-state index < -0.39 is 10.8 Å². The molecule has 35 heavy (non-hydrogen) atoms. The van der Waals surface area contributed by atoms with Crippen molar-refractivity contribution < 1.29 is 9.72 Å². The molecule has 0 aliphatic carbocycles. The summed E-state index contributed by atoms with van der Waals surface area (Å²) in [6.45, 7) is 0. The highest BCUT2D eigenvalue weighted by atomic mass is 32.2.